The molecule has 6 heteroatoms. The van der Waals surface area contributed by atoms with E-state index in [-0.39, 0.29) is 23.4 Å². The van der Waals surface area contributed by atoms with Crippen LogP contribution in [0, 0.1) is 6.92 Å². The summed E-state index contributed by atoms with van der Waals surface area (Å²) in [6.45, 7) is 1.57. The number of aryl methyl sites for hydroxylation is 1. The van der Waals surface area contributed by atoms with E-state index in [1.54, 1.807) is 37.3 Å². The quantitative estimate of drug-likeness (QED) is 0.574. The highest BCUT2D eigenvalue weighted by molar-refractivity contribution is 6.21. The Kier molecular flexibility index (Phi) is 3.21. The Hall–Kier alpha value is -3.41. The smallest absolute Gasteiger partial charge is 0.341 e. The summed E-state index contributed by atoms with van der Waals surface area (Å²) in [6, 6.07) is 11.0. The van der Waals surface area contributed by atoms with Gasteiger partial charge in [0, 0.05) is 11.5 Å². The molecule has 6 nitrogen and oxygen atoms in total. The van der Waals surface area contributed by atoms with E-state index >= 15 is 0 Å². The third-order valence-electron chi connectivity index (χ3n) is 4.47. The molecule has 0 bridgehead atoms. The number of phenols is 1. The van der Waals surface area contributed by atoms with Crippen LogP contribution < -0.4 is 5.63 Å². The summed E-state index contributed by atoms with van der Waals surface area (Å²) in [5.41, 5.74) is 1.15. The lowest BCUT2D eigenvalue weighted by molar-refractivity contribution is 0.0641. The second-order valence-corrected chi connectivity index (χ2v) is 5.92. The van der Waals surface area contributed by atoms with Crippen LogP contribution in [-0.2, 0) is 6.54 Å². The molecule has 0 unspecified atom stereocenters. The van der Waals surface area contributed by atoms with E-state index in [4.69, 9.17) is 4.42 Å². The maximum atomic E-state index is 12.5. The van der Waals surface area contributed by atoms with Crippen LogP contribution in [-0.4, -0.2) is 21.8 Å². The maximum Gasteiger partial charge on any atom is 0.341 e. The standard InChI is InChI=1S/C19H13NO5/c1-10-12-7-6-11(21)8-16(12)25-19(24)15(10)9-20-17(22)13-4-2-3-5-14(13)18(20)23/h2-8,21H,9H2,1H3. The third-order valence-corrected chi connectivity index (χ3v) is 4.47. The monoisotopic (exact) mass is 335 g/mol. The number of carbonyl (C=O) groups excluding carboxylic acids is 2. The summed E-state index contributed by atoms with van der Waals surface area (Å²) in [4.78, 5) is 38.4. The minimum atomic E-state index is -0.632. The number of phenolic OH excluding ortho intramolecular Hbond substituents is 1. The molecule has 2 aromatic carbocycles. The van der Waals surface area contributed by atoms with Crippen LogP contribution in [0.3, 0.4) is 0 Å². The number of hydrogen-bond donors (Lipinski definition) is 1. The van der Waals surface area contributed by atoms with Crippen LogP contribution in [0.1, 0.15) is 31.8 Å². The largest absolute Gasteiger partial charge is 0.508 e. The van der Waals surface area contributed by atoms with Gasteiger partial charge in [0.1, 0.15) is 11.3 Å². The first-order chi connectivity index (χ1) is 12.0. The molecule has 0 atom stereocenters. The third kappa shape index (κ3) is 2.22. The Labute approximate surface area is 141 Å². The van der Waals surface area contributed by atoms with Gasteiger partial charge in [-0.1, -0.05) is 12.1 Å². The molecule has 0 saturated heterocycles. The Morgan fingerprint density at radius 1 is 1.00 bits per heavy atom. The van der Waals surface area contributed by atoms with Crippen molar-refractivity contribution in [3.05, 3.63) is 75.1 Å². The van der Waals surface area contributed by atoms with Gasteiger partial charge in [-0.2, -0.15) is 0 Å². The average Bonchev–Trinajstić information content (AvgIpc) is 2.83. The summed E-state index contributed by atoms with van der Waals surface area (Å²) in [7, 11) is 0. The molecule has 0 fully saturated rings. The number of hydrogen-bond acceptors (Lipinski definition) is 5. The molecule has 4 rings (SSSR count). The molecule has 124 valence electrons. The number of rotatable bonds is 2. The summed E-state index contributed by atoms with van der Waals surface area (Å²) in [5.74, 6) is -0.862. The Morgan fingerprint density at radius 3 is 2.28 bits per heavy atom. The van der Waals surface area contributed by atoms with Gasteiger partial charge in [-0.15, -0.1) is 0 Å². The van der Waals surface area contributed by atoms with Gasteiger partial charge >= 0.3 is 5.63 Å². The van der Waals surface area contributed by atoms with E-state index in [1.165, 1.54) is 12.1 Å². The molecule has 2 heterocycles. The van der Waals surface area contributed by atoms with Crippen molar-refractivity contribution in [2.24, 2.45) is 0 Å². The van der Waals surface area contributed by atoms with E-state index in [0.29, 0.717) is 22.1 Å². The van der Waals surface area contributed by atoms with E-state index < -0.39 is 17.4 Å². The van der Waals surface area contributed by atoms with Gasteiger partial charge in [-0.05, 0) is 36.8 Å². The fourth-order valence-electron chi connectivity index (χ4n) is 3.11. The lowest BCUT2D eigenvalue weighted by Crippen LogP contribution is -2.31. The number of carbonyl (C=O) groups is 2. The van der Waals surface area contributed by atoms with Crippen molar-refractivity contribution in [3.8, 4) is 5.75 Å². The van der Waals surface area contributed by atoms with Crippen molar-refractivity contribution in [2.45, 2.75) is 13.5 Å². The highest BCUT2D eigenvalue weighted by Gasteiger charge is 2.36. The number of aromatic hydroxyl groups is 1. The molecule has 0 aliphatic carbocycles. The van der Waals surface area contributed by atoms with Crippen molar-refractivity contribution >= 4 is 22.8 Å². The van der Waals surface area contributed by atoms with E-state index in [2.05, 4.69) is 0 Å². The Balaban J connectivity index is 1.80. The molecule has 2 amide bonds. The predicted octanol–water partition coefficient (Wildman–Crippen LogP) is 2.60. The molecule has 0 saturated carbocycles. The Bertz CT molecular complexity index is 1080. The number of fused-ring (bicyclic) bond motifs is 2. The maximum absolute atomic E-state index is 12.5. The number of benzene rings is 2. The van der Waals surface area contributed by atoms with Crippen LogP contribution in [0.25, 0.3) is 11.0 Å². The zero-order valence-electron chi connectivity index (χ0n) is 13.3. The SMILES string of the molecule is Cc1c(CN2C(=O)c3ccccc3C2=O)c(=O)oc2cc(O)ccc12. The second kappa shape index (κ2) is 5.31. The van der Waals surface area contributed by atoms with Crippen LogP contribution >= 0.6 is 0 Å². The summed E-state index contributed by atoms with van der Waals surface area (Å²) >= 11 is 0. The van der Waals surface area contributed by atoms with Crippen LogP contribution in [0.2, 0.25) is 0 Å². The van der Waals surface area contributed by atoms with Gasteiger partial charge < -0.3 is 9.52 Å². The minimum absolute atomic E-state index is 0.0110. The highest BCUT2D eigenvalue weighted by Crippen LogP contribution is 2.27. The van der Waals surface area contributed by atoms with Crippen molar-refractivity contribution in [2.75, 3.05) is 0 Å². The highest BCUT2D eigenvalue weighted by atomic mass is 16.4. The normalized spacial score (nSPS) is 13.6. The van der Waals surface area contributed by atoms with Crippen molar-refractivity contribution in [1.82, 2.24) is 4.90 Å². The molecule has 1 N–H and O–H groups in total. The van der Waals surface area contributed by atoms with Crippen LogP contribution in [0.15, 0.2) is 51.7 Å². The molecule has 25 heavy (non-hydrogen) atoms. The first-order valence-corrected chi connectivity index (χ1v) is 7.68. The van der Waals surface area contributed by atoms with Crippen molar-refractivity contribution < 1.29 is 19.1 Å². The second-order valence-electron chi connectivity index (χ2n) is 5.92. The number of amides is 2. The molecular formula is C19H13NO5. The molecular weight excluding hydrogens is 322 g/mol. The van der Waals surface area contributed by atoms with E-state index in [9.17, 15) is 19.5 Å². The molecule has 3 aromatic rings. The lowest BCUT2D eigenvalue weighted by atomic mass is 10.1. The summed E-state index contributed by atoms with van der Waals surface area (Å²) in [5, 5.41) is 10.2. The molecule has 1 aromatic heterocycles. The average molecular weight is 335 g/mol. The van der Waals surface area contributed by atoms with Crippen LogP contribution in [0.4, 0.5) is 0 Å². The first-order valence-electron chi connectivity index (χ1n) is 7.68. The van der Waals surface area contributed by atoms with E-state index in [0.717, 1.165) is 4.90 Å². The first kappa shape index (κ1) is 15.1. The fraction of sp³-hybridized carbons (Fsp3) is 0.105. The van der Waals surface area contributed by atoms with Crippen molar-refractivity contribution in [3.63, 3.8) is 0 Å². The minimum Gasteiger partial charge on any atom is -0.508 e. The molecule has 0 spiro atoms. The summed E-state index contributed by atoms with van der Waals surface area (Å²) in [6.07, 6.45) is 0. The van der Waals surface area contributed by atoms with Gasteiger partial charge in [0.2, 0.25) is 0 Å². The van der Waals surface area contributed by atoms with Crippen molar-refractivity contribution in [1.29, 1.82) is 0 Å². The topological polar surface area (TPSA) is 87.8 Å². The molecule has 0 radical (unpaired) electrons. The zero-order chi connectivity index (χ0) is 17.7. The fourth-order valence-corrected chi connectivity index (χ4v) is 3.11. The van der Waals surface area contributed by atoms with E-state index in [1.807, 2.05) is 0 Å². The van der Waals surface area contributed by atoms with Crippen LogP contribution in [0.5, 0.6) is 5.75 Å². The zero-order valence-corrected chi connectivity index (χ0v) is 13.3. The number of imide groups is 1. The molecule has 1 aliphatic heterocycles. The lowest BCUT2D eigenvalue weighted by Gasteiger charge is -2.15. The van der Waals surface area contributed by atoms with Gasteiger partial charge in [0.25, 0.3) is 11.8 Å². The van der Waals surface area contributed by atoms with Gasteiger partial charge in [-0.25, -0.2) is 4.79 Å². The predicted molar refractivity (Wildman–Crippen MR) is 89.5 cm³/mol. The van der Waals surface area contributed by atoms with Gasteiger partial charge in [-0.3, -0.25) is 14.5 Å². The summed E-state index contributed by atoms with van der Waals surface area (Å²) < 4.78 is 5.25. The van der Waals surface area contributed by atoms with Gasteiger partial charge in [0.15, 0.2) is 0 Å². The molecule has 1 aliphatic rings. The van der Waals surface area contributed by atoms with Gasteiger partial charge in [0.05, 0.1) is 23.2 Å². The number of nitrogens with zero attached hydrogens (tertiary/aromatic N) is 1. The Morgan fingerprint density at radius 2 is 1.64 bits per heavy atom.